The van der Waals surface area contributed by atoms with Crippen LogP contribution in [0.15, 0.2) is 176 Å². The van der Waals surface area contributed by atoms with E-state index in [4.69, 9.17) is 0 Å². The quantitative estimate of drug-likeness (QED) is 0.154. The molecule has 276 valence electrons. The molecule has 2 nitrogen and oxygen atoms in total. The number of benzene rings is 8. The van der Waals surface area contributed by atoms with Crippen LogP contribution < -0.4 is 4.90 Å². The van der Waals surface area contributed by atoms with E-state index in [-0.39, 0.29) is 0 Å². The summed E-state index contributed by atoms with van der Waals surface area (Å²) in [4.78, 5) is 2.50. The van der Waals surface area contributed by atoms with Crippen molar-refractivity contribution in [2.45, 2.75) is 44.4 Å². The van der Waals surface area contributed by atoms with Gasteiger partial charge in [-0.25, -0.2) is 0 Å². The fraction of sp³-hybridized carbons (Fsp3) is 0.200. The lowest BCUT2D eigenvalue weighted by Gasteiger charge is -2.42. The van der Waals surface area contributed by atoms with E-state index in [0.717, 1.165) is 29.4 Å². The second kappa shape index (κ2) is 12.7. The number of hydrogen-bond acceptors (Lipinski definition) is 1. The van der Waals surface area contributed by atoms with Gasteiger partial charge in [0.15, 0.2) is 0 Å². The molecule has 0 amide bonds. The summed E-state index contributed by atoms with van der Waals surface area (Å²) in [6.07, 6.45) is 7.03. The van der Waals surface area contributed by atoms with E-state index in [1.807, 2.05) is 0 Å². The zero-order valence-corrected chi connectivity index (χ0v) is 32.5. The van der Waals surface area contributed by atoms with E-state index in [9.17, 15) is 0 Å². The van der Waals surface area contributed by atoms with Crippen molar-refractivity contribution in [3.05, 3.63) is 181 Å². The maximum Gasteiger partial charge on any atom is 0.0546 e. The molecule has 8 aromatic carbocycles. The molecule has 0 radical (unpaired) electrons. The van der Waals surface area contributed by atoms with Gasteiger partial charge >= 0.3 is 0 Å². The summed E-state index contributed by atoms with van der Waals surface area (Å²) in [5.41, 5.74) is 11.5. The third kappa shape index (κ3) is 5.16. The van der Waals surface area contributed by atoms with Crippen LogP contribution in [-0.4, -0.2) is 4.57 Å². The first-order valence-corrected chi connectivity index (χ1v) is 21.1. The van der Waals surface area contributed by atoms with Crippen molar-refractivity contribution < 1.29 is 0 Å². The number of nitrogens with zero attached hydrogens (tertiary/aromatic N) is 2. The third-order valence-corrected chi connectivity index (χ3v) is 14.4. The molecule has 5 atom stereocenters. The minimum absolute atomic E-state index is 0.342. The summed E-state index contributed by atoms with van der Waals surface area (Å²) in [7, 11) is 0. The van der Waals surface area contributed by atoms with Crippen molar-refractivity contribution in [3.63, 3.8) is 0 Å². The van der Waals surface area contributed by atoms with Crippen LogP contribution in [0.3, 0.4) is 0 Å². The van der Waals surface area contributed by atoms with Gasteiger partial charge in [-0.3, -0.25) is 0 Å². The van der Waals surface area contributed by atoms with Crippen molar-refractivity contribution in [2.75, 3.05) is 4.90 Å². The largest absolute Gasteiger partial charge is 0.310 e. The Balaban J connectivity index is 0.969. The van der Waals surface area contributed by atoms with Gasteiger partial charge in [-0.15, -0.1) is 0 Å². The van der Waals surface area contributed by atoms with E-state index in [2.05, 4.69) is 192 Å². The Morgan fingerprint density at radius 1 is 0.491 bits per heavy atom. The monoisotopic (exact) mass is 734 g/mol. The van der Waals surface area contributed by atoms with Crippen LogP contribution in [0, 0.1) is 23.7 Å². The number of aromatic nitrogens is 1. The lowest BCUT2D eigenvalue weighted by Crippen LogP contribution is -2.34. The topological polar surface area (TPSA) is 8.17 Å². The Bertz CT molecular complexity index is 2930. The van der Waals surface area contributed by atoms with Gasteiger partial charge in [0.25, 0.3) is 0 Å². The van der Waals surface area contributed by atoms with Gasteiger partial charge in [-0.2, -0.15) is 0 Å². The highest BCUT2D eigenvalue weighted by Crippen LogP contribution is 2.65. The van der Waals surface area contributed by atoms with Gasteiger partial charge in [0.1, 0.15) is 0 Å². The van der Waals surface area contributed by atoms with Crippen LogP contribution in [0.25, 0.3) is 60.2 Å². The molecule has 3 aliphatic rings. The molecule has 3 aliphatic carbocycles. The highest BCUT2D eigenvalue weighted by molar-refractivity contribution is 6.14. The number of rotatable bonds is 6. The second-order valence-corrected chi connectivity index (χ2v) is 17.7. The van der Waals surface area contributed by atoms with E-state index in [0.29, 0.717) is 5.41 Å². The Morgan fingerprint density at radius 3 is 1.86 bits per heavy atom. The first-order chi connectivity index (χ1) is 28.1. The van der Waals surface area contributed by atoms with Gasteiger partial charge < -0.3 is 9.47 Å². The van der Waals surface area contributed by atoms with Crippen molar-refractivity contribution in [3.8, 4) is 16.8 Å². The molecule has 0 aliphatic heterocycles. The number of para-hydroxylation sites is 2. The van der Waals surface area contributed by atoms with Crippen molar-refractivity contribution in [2.24, 2.45) is 23.7 Å². The first-order valence-electron chi connectivity index (χ1n) is 21.1. The molecular formula is C55H46N2. The summed E-state index contributed by atoms with van der Waals surface area (Å²) in [5.74, 6) is 3.69. The van der Waals surface area contributed by atoms with Gasteiger partial charge in [0.05, 0.1) is 16.7 Å². The maximum absolute atomic E-state index is 2.51. The molecule has 12 rings (SSSR count). The average Bonchev–Trinajstić information content (AvgIpc) is 3.71. The molecule has 2 heteroatoms. The smallest absolute Gasteiger partial charge is 0.0546 e. The fourth-order valence-electron chi connectivity index (χ4n) is 12.0. The predicted molar refractivity (Wildman–Crippen MR) is 240 cm³/mol. The van der Waals surface area contributed by atoms with Crippen LogP contribution in [-0.2, 0) is 5.41 Å². The predicted octanol–water partition coefficient (Wildman–Crippen LogP) is 14.9. The van der Waals surface area contributed by atoms with Crippen LogP contribution in [0.1, 0.15) is 44.6 Å². The van der Waals surface area contributed by atoms with Gasteiger partial charge in [-0.05, 0) is 149 Å². The molecule has 0 spiro atoms. The molecule has 2 unspecified atom stereocenters. The summed E-state index contributed by atoms with van der Waals surface area (Å²) >= 11 is 0. The molecule has 1 heterocycles. The summed E-state index contributed by atoms with van der Waals surface area (Å²) in [6, 6.07) is 65.8. The molecule has 3 saturated carbocycles. The number of anilines is 3. The molecular weight excluding hydrogens is 689 g/mol. The Labute approximate surface area is 335 Å². The molecule has 9 aromatic rings. The minimum Gasteiger partial charge on any atom is -0.310 e. The van der Waals surface area contributed by atoms with E-state index >= 15 is 0 Å². The standard InChI is InChI=1S/C55H46N2/c1-36-29-40-30-41-34-55(33-36,35-51(40)41)42-23-27-44(28-24-42)56(54-32-39-11-2-3-14-46(39)47-15-4-5-16-48(47)54)43-25-21-37(22-26-43)38-12-10-13-45(31-38)57-52-19-8-6-17-49(52)50-18-7-9-20-53(50)57/h2-28,31-32,36,40-41,51H,29-30,33-35H2,1H3/t36-,40-,41-,51?,55?/m0/s1. The molecule has 57 heavy (non-hydrogen) atoms. The number of fused-ring (bicyclic) bond motifs is 7. The van der Waals surface area contributed by atoms with Gasteiger partial charge in [0, 0.05) is 33.2 Å². The van der Waals surface area contributed by atoms with Gasteiger partial charge in [0.2, 0.25) is 0 Å². The SMILES string of the molecule is C[C@H]1C[C@H]2C[C@H]3CC(c4ccc(N(c5ccc(-c6cccc(-n7c8ccccc8c8ccccc87)c6)cc5)c5cc6ccccc6c6ccccc56)cc4)(CC23)C1. The summed E-state index contributed by atoms with van der Waals surface area (Å²) in [5, 5.41) is 7.66. The minimum atomic E-state index is 0.342. The maximum atomic E-state index is 2.51. The highest BCUT2D eigenvalue weighted by Gasteiger charge is 2.57. The van der Waals surface area contributed by atoms with E-state index in [1.165, 1.54) is 104 Å². The lowest BCUT2D eigenvalue weighted by molar-refractivity contribution is 0.0780. The fourth-order valence-corrected chi connectivity index (χ4v) is 12.0. The second-order valence-electron chi connectivity index (χ2n) is 17.7. The molecule has 1 aromatic heterocycles. The average molecular weight is 735 g/mol. The third-order valence-electron chi connectivity index (χ3n) is 14.4. The Morgan fingerprint density at radius 2 is 1.12 bits per heavy atom. The van der Waals surface area contributed by atoms with Crippen molar-refractivity contribution in [1.29, 1.82) is 0 Å². The van der Waals surface area contributed by atoms with Crippen LogP contribution in [0.4, 0.5) is 17.1 Å². The summed E-state index contributed by atoms with van der Waals surface area (Å²) < 4.78 is 2.41. The molecule has 0 saturated heterocycles. The molecule has 2 bridgehead atoms. The lowest BCUT2D eigenvalue weighted by atomic mass is 9.63. The normalized spacial score (nSPS) is 22.5. The van der Waals surface area contributed by atoms with Crippen LogP contribution >= 0.6 is 0 Å². The van der Waals surface area contributed by atoms with Gasteiger partial charge in [-0.1, -0.05) is 128 Å². The van der Waals surface area contributed by atoms with Crippen LogP contribution in [0.2, 0.25) is 0 Å². The van der Waals surface area contributed by atoms with Crippen molar-refractivity contribution >= 4 is 60.4 Å². The van der Waals surface area contributed by atoms with E-state index < -0.39 is 0 Å². The Hall–Kier alpha value is -6.12. The highest BCUT2D eigenvalue weighted by atomic mass is 15.1. The molecule has 0 N–H and O–H groups in total. The van der Waals surface area contributed by atoms with Crippen LogP contribution in [0.5, 0.6) is 0 Å². The number of hydrogen-bond donors (Lipinski definition) is 0. The summed E-state index contributed by atoms with van der Waals surface area (Å²) in [6.45, 7) is 2.51. The Kier molecular flexibility index (Phi) is 7.36. The molecule has 3 fully saturated rings. The zero-order valence-electron chi connectivity index (χ0n) is 32.5. The zero-order chi connectivity index (χ0) is 37.7. The first kappa shape index (κ1) is 33.1. The van der Waals surface area contributed by atoms with Crippen molar-refractivity contribution in [1.82, 2.24) is 4.57 Å². The van der Waals surface area contributed by atoms with E-state index in [1.54, 1.807) is 5.56 Å².